The smallest absolute Gasteiger partial charge is 0.325 e. The van der Waals surface area contributed by atoms with Gasteiger partial charge in [-0.3, -0.25) is 4.79 Å². The van der Waals surface area contributed by atoms with E-state index in [-0.39, 0.29) is 23.9 Å². The van der Waals surface area contributed by atoms with Gasteiger partial charge in [0.15, 0.2) is 5.84 Å². The van der Waals surface area contributed by atoms with Gasteiger partial charge in [-0.05, 0) is 28.5 Å². The van der Waals surface area contributed by atoms with Crippen molar-refractivity contribution in [1.82, 2.24) is 4.90 Å². The van der Waals surface area contributed by atoms with Crippen molar-refractivity contribution in [3.05, 3.63) is 77.9 Å². The molecule has 0 saturated heterocycles. The van der Waals surface area contributed by atoms with Crippen LogP contribution in [0.5, 0.6) is 0 Å². The highest BCUT2D eigenvalue weighted by Crippen LogP contribution is 2.27. The van der Waals surface area contributed by atoms with Gasteiger partial charge >= 0.3 is 5.97 Å². The zero-order valence-corrected chi connectivity index (χ0v) is 16.0. The Labute approximate surface area is 163 Å². The first-order valence-corrected chi connectivity index (χ1v) is 10.2. The van der Waals surface area contributed by atoms with Crippen LogP contribution in [-0.2, 0) is 26.2 Å². The van der Waals surface area contributed by atoms with Gasteiger partial charge in [-0.2, -0.15) is 8.42 Å². The van der Waals surface area contributed by atoms with Crippen LogP contribution in [0.4, 0.5) is 0 Å². The van der Waals surface area contributed by atoms with Gasteiger partial charge in [0, 0.05) is 12.6 Å². The fourth-order valence-electron chi connectivity index (χ4n) is 3.25. The first-order chi connectivity index (χ1) is 13.5. The van der Waals surface area contributed by atoms with Crippen LogP contribution < -0.4 is 0 Å². The van der Waals surface area contributed by atoms with E-state index in [9.17, 15) is 13.2 Å². The van der Waals surface area contributed by atoms with Crippen LogP contribution >= 0.6 is 0 Å². The summed E-state index contributed by atoms with van der Waals surface area (Å²) in [6.07, 6.45) is 0. The first-order valence-electron chi connectivity index (χ1n) is 8.73. The minimum Gasteiger partial charge on any atom is -0.459 e. The maximum absolute atomic E-state index is 12.3. The summed E-state index contributed by atoms with van der Waals surface area (Å²) in [6, 6.07) is 20.3. The number of amidine groups is 1. The third-order valence-corrected chi connectivity index (χ3v) is 5.93. The highest BCUT2D eigenvalue weighted by molar-refractivity contribution is 7.90. The van der Waals surface area contributed by atoms with Crippen molar-refractivity contribution < 1.29 is 17.9 Å². The van der Waals surface area contributed by atoms with Gasteiger partial charge in [0.25, 0.3) is 10.0 Å². The highest BCUT2D eigenvalue weighted by Gasteiger charge is 2.31. The number of carbonyl (C=O) groups is 1. The van der Waals surface area contributed by atoms with E-state index in [0.29, 0.717) is 5.56 Å². The molecule has 0 atom stereocenters. The van der Waals surface area contributed by atoms with Crippen molar-refractivity contribution >= 4 is 32.6 Å². The third-order valence-electron chi connectivity index (χ3n) is 4.61. The second kappa shape index (κ2) is 7.09. The Morgan fingerprint density at radius 3 is 2.57 bits per heavy atom. The lowest BCUT2D eigenvalue weighted by molar-refractivity contribution is -0.145. The second-order valence-corrected chi connectivity index (χ2v) is 8.11. The van der Waals surface area contributed by atoms with Crippen molar-refractivity contribution in [2.24, 2.45) is 4.40 Å². The molecular formula is C21H18N2O4S. The molecule has 3 aromatic carbocycles. The summed E-state index contributed by atoms with van der Waals surface area (Å²) in [5.74, 6) is -0.211. The minimum atomic E-state index is -3.72. The van der Waals surface area contributed by atoms with Crippen molar-refractivity contribution in [3.63, 3.8) is 0 Å². The molecule has 142 valence electrons. The number of likely N-dealkylation sites (N-methyl/N-ethyl adjacent to an activating group) is 1. The Hall–Kier alpha value is -3.19. The molecule has 0 radical (unpaired) electrons. The second-order valence-electron chi connectivity index (χ2n) is 6.54. The van der Waals surface area contributed by atoms with Crippen molar-refractivity contribution in [3.8, 4) is 0 Å². The number of benzene rings is 3. The van der Waals surface area contributed by atoms with Crippen LogP contribution in [-0.4, -0.2) is 38.7 Å². The molecule has 1 aliphatic rings. The van der Waals surface area contributed by atoms with E-state index in [1.807, 2.05) is 42.5 Å². The fourth-order valence-corrected chi connectivity index (χ4v) is 4.51. The molecule has 4 rings (SSSR count). The number of hydrogen-bond donors (Lipinski definition) is 0. The maximum atomic E-state index is 12.3. The van der Waals surface area contributed by atoms with E-state index in [4.69, 9.17) is 4.74 Å². The fraction of sp³-hybridized carbons (Fsp3) is 0.143. The molecule has 0 aromatic heterocycles. The number of nitrogens with zero attached hydrogens (tertiary/aromatic N) is 2. The Kier molecular flexibility index (Phi) is 4.60. The average molecular weight is 394 g/mol. The largest absolute Gasteiger partial charge is 0.459 e. The molecule has 3 aromatic rings. The molecule has 0 N–H and O–H groups in total. The Bertz CT molecular complexity index is 1200. The molecule has 1 aliphatic heterocycles. The van der Waals surface area contributed by atoms with Crippen molar-refractivity contribution in [1.29, 1.82) is 0 Å². The van der Waals surface area contributed by atoms with Crippen molar-refractivity contribution in [2.75, 3.05) is 13.6 Å². The minimum absolute atomic E-state index is 0.104. The standard InChI is InChI=1S/C21H18N2O4S/c1-23(21-18-11-4-5-12-19(18)28(25,26)22-21)13-20(24)27-14-16-9-6-8-15-7-2-3-10-17(15)16/h2-12H,13-14H2,1H3. The summed E-state index contributed by atoms with van der Waals surface area (Å²) in [5.41, 5.74) is 1.41. The predicted octanol–water partition coefficient (Wildman–Crippen LogP) is 2.96. The highest BCUT2D eigenvalue weighted by atomic mass is 32.2. The lowest BCUT2D eigenvalue weighted by Crippen LogP contribution is -2.32. The summed E-state index contributed by atoms with van der Waals surface area (Å²) in [4.78, 5) is 14.0. The number of sulfonamides is 1. The molecule has 7 heteroatoms. The van der Waals surface area contributed by atoms with Gasteiger partial charge in [0.2, 0.25) is 0 Å². The lowest BCUT2D eigenvalue weighted by Gasteiger charge is -2.18. The molecule has 6 nitrogen and oxygen atoms in total. The molecule has 0 spiro atoms. The zero-order chi connectivity index (χ0) is 19.7. The average Bonchev–Trinajstić information content (AvgIpc) is 2.98. The molecule has 0 aliphatic carbocycles. The van der Waals surface area contributed by atoms with E-state index >= 15 is 0 Å². The van der Waals surface area contributed by atoms with Crippen LogP contribution in [0, 0.1) is 0 Å². The number of fused-ring (bicyclic) bond motifs is 2. The number of carbonyl (C=O) groups excluding carboxylic acids is 1. The van der Waals surface area contributed by atoms with Gasteiger partial charge in [0.05, 0.1) is 0 Å². The molecule has 0 unspecified atom stereocenters. The number of rotatable bonds is 4. The number of ether oxygens (including phenoxy) is 1. The third kappa shape index (κ3) is 3.36. The van der Waals surface area contributed by atoms with Crippen LogP contribution in [0.2, 0.25) is 0 Å². The molecular weight excluding hydrogens is 376 g/mol. The molecule has 0 fully saturated rings. The van der Waals surface area contributed by atoms with E-state index in [1.165, 1.54) is 11.0 Å². The predicted molar refractivity (Wildman–Crippen MR) is 107 cm³/mol. The van der Waals surface area contributed by atoms with Gasteiger partial charge < -0.3 is 9.64 Å². The van der Waals surface area contributed by atoms with E-state index < -0.39 is 16.0 Å². The van der Waals surface area contributed by atoms with Crippen LogP contribution in [0.15, 0.2) is 76.0 Å². The zero-order valence-electron chi connectivity index (χ0n) is 15.2. The number of esters is 1. The monoisotopic (exact) mass is 394 g/mol. The topological polar surface area (TPSA) is 76.0 Å². The molecule has 0 bridgehead atoms. The van der Waals surface area contributed by atoms with Gasteiger partial charge in [-0.25, -0.2) is 0 Å². The van der Waals surface area contributed by atoms with Gasteiger partial charge in [-0.15, -0.1) is 4.40 Å². The van der Waals surface area contributed by atoms with E-state index in [0.717, 1.165) is 16.3 Å². The van der Waals surface area contributed by atoms with Gasteiger partial charge in [-0.1, -0.05) is 54.6 Å². The summed E-state index contributed by atoms with van der Waals surface area (Å²) < 4.78 is 33.5. The summed E-state index contributed by atoms with van der Waals surface area (Å²) in [6.45, 7) is 0.0445. The molecule has 0 saturated carbocycles. The summed E-state index contributed by atoms with van der Waals surface area (Å²) in [7, 11) is -2.10. The van der Waals surface area contributed by atoms with E-state index in [1.54, 1.807) is 25.2 Å². The Balaban J connectivity index is 1.46. The van der Waals surface area contributed by atoms with Crippen LogP contribution in [0.3, 0.4) is 0 Å². The number of hydrogen-bond acceptors (Lipinski definition) is 5. The van der Waals surface area contributed by atoms with Crippen LogP contribution in [0.25, 0.3) is 10.8 Å². The Morgan fingerprint density at radius 2 is 1.71 bits per heavy atom. The molecule has 28 heavy (non-hydrogen) atoms. The van der Waals surface area contributed by atoms with Crippen LogP contribution in [0.1, 0.15) is 11.1 Å². The van der Waals surface area contributed by atoms with Crippen molar-refractivity contribution in [2.45, 2.75) is 11.5 Å². The maximum Gasteiger partial charge on any atom is 0.325 e. The first kappa shape index (κ1) is 18.2. The normalized spacial score (nSPS) is 14.4. The summed E-state index contributed by atoms with van der Waals surface area (Å²) in [5, 5.41) is 2.11. The lowest BCUT2D eigenvalue weighted by atomic mass is 10.1. The van der Waals surface area contributed by atoms with E-state index in [2.05, 4.69) is 4.40 Å². The molecule has 1 heterocycles. The Morgan fingerprint density at radius 1 is 1.00 bits per heavy atom. The quantitative estimate of drug-likeness (QED) is 0.636. The summed E-state index contributed by atoms with van der Waals surface area (Å²) >= 11 is 0. The molecule has 0 amide bonds. The SMILES string of the molecule is CN(CC(=O)OCc1cccc2ccccc12)C1=NS(=O)(=O)c2ccccc21. The van der Waals surface area contributed by atoms with Gasteiger partial charge in [0.1, 0.15) is 18.0 Å².